The summed E-state index contributed by atoms with van der Waals surface area (Å²) in [5.74, 6) is -0.837. The van der Waals surface area contributed by atoms with Gasteiger partial charge in [0.2, 0.25) is 0 Å². The number of rotatable bonds is 9. The zero-order valence-corrected chi connectivity index (χ0v) is 27.7. The summed E-state index contributed by atoms with van der Waals surface area (Å²) in [5.41, 5.74) is -0.913. The molecular formula is C35H48O9. The minimum Gasteiger partial charge on any atom is -0.497 e. The SMILES string of the molecule is COc1ccc([C@@H]2O[C@H](COC(=O)C(C)(C)C)[C@@H](OC(=O)C(C)(C)C)[C@H](OC(=O)C(C)(C)C)[C@H]2OCc2ccccc2)cc1. The number of ether oxygens (including phenoxy) is 6. The lowest BCUT2D eigenvalue weighted by Crippen LogP contribution is -2.60. The third-order valence-corrected chi connectivity index (χ3v) is 7.07. The van der Waals surface area contributed by atoms with E-state index in [1.165, 1.54) is 0 Å². The van der Waals surface area contributed by atoms with Gasteiger partial charge in [0.1, 0.15) is 30.7 Å². The zero-order valence-electron chi connectivity index (χ0n) is 27.7. The highest BCUT2D eigenvalue weighted by Gasteiger charge is 2.53. The standard InChI is InChI=1S/C35H48O9/c1-33(2,3)30(36)41-21-25-27(43-31(37)34(4,5)6)29(44-32(38)35(7,8)9)28(40-20-22-14-12-11-13-15-22)26(42-25)23-16-18-24(39-10)19-17-23/h11-19,25-29H,20-21H2,1-10H3/t25-,26+,27-,28+,29+/m1/s1. The molecule has 0 saturated carbocycles. The molecule has 9 heteroatoms. The quantitative estimate of drug-likeness (QED) is 0.241. The van der Waals surface area contributed by atoms with Crippen LogP contribution < -0.4 is 4.74 Å². The van der Waals surface area contributed by atoms with Crippen molar-refractivity contribution in [3.8, 4) is 5.75 Å². The van der Waals surface area contributed by atoms with Gasteiger partial charge in [-0.3, -0.25) is 14.4 Å². The van der Waals surface area contributed by atoms with Gasteiger partial charge in [-0.2, -0.15) is 0 Å². The smallest absolute Gasteiger partial charge is 0.311 e. The number of hydrogen-bond donors (Lipinski definition) is 0. The topological polar surface area (TPSA) is 107 Å². The Hall–Kier alpha value is -3.43. The molecule has 3 rings (SSSR count). The molecule has 0 unspecified atom stereocenters. The van der Waals surface area contributed by atoms with Crippen molar-refractivity contribution in [2.45, 2.75) is 99.4 Å². The van der Waals surface area contributed by atoms with Gasteiger partial charge >= 0.3 is 17.9 Å². The maximum absolute atomic E-state index is 13.5. The van der Waals surface area contributed by atoms with E-state index in [0.29, 0.717) is 11.3 Å². The van der Waals surface area contributed by atoms with E-state index in [0.717, 1.165) is 5.56 Å². The summed E-state index contributed by atoms with van der Waals surface area (Å²) in [4.78, 5) is 39.6. The summed E-state index contributed by atoms with van der Waals surface area (Å²) < 4.78 is 36.5. The Labute approximate surface area is 261 Å². The van der Waals surface area contributed by atoms with Crippen LogP contribution >= 0.6 is 0 Å². The number of benzene rings is 2. The molecule has 0 aromatic heterocycles. The summed E-state index contributed by atoms with van der Waals surface area (Å²) in [6, 6.07) is 16.8. The van der Waals surface area contributed by atoms with E-state index in [-0.39, 0.29) is 13.2 Å². The van der Waals surface area contributed by atoms with Crippen LogP contribution in [0.2, 0.25) is 0 Å². The molecule has 9 nitrogen and oxygen atoms in total. The van der Waals surface area contributed by atoms with E-state index in [2.05, 4.69) is 0 Å². The molecule has 0 aliphatic carbocycles. The molecule has 1 aliphatic rings. The van der Waals surface area contributed by atoms with Crippen molar-refractivity contribution in [1.29, 1.82) is 0 Å². The summed E-state index contributed by atoms with van der Waals surface area (Å²) in [6.07, 6.45) is -4.91. The fourth-order valence-electron chi connectivity index (χ4n) is 4.31. The van der Waals surface area contributed by atoms with Gasteiger partial charge in [-0.25, -0.2) is 0 Å². The number of esters is 3. The van der Waals surface area contributed by atoms with Crippen molar-refractivity contribution in [2.24, 2.45) is 16.2 Å². The van der Waals surface area contributed by atoms with Crippen LogP contribution in [-0.2, 0) is 44.7 Å². The van der Waals surface area contributed by atoms with Crippen LogP contribution in [0.15, 0.2) is 54.6 Å². The zero-order chi connectivity index (χ0) is 32.9. The van der Waals surface area contributed by atoms with E-state index >= 15 is 0 Å². The van der Waals surface area contributed by atoms with Crippen molar-refractivity contribution in [3.63, 3.8) is 0 Å². The van der Waals surface area contributed by atoms with Gasteiger partial charge in [-0.1, -0.05) is 42.5 Å². The van der Waals surface area contributed by atoms with Crippen molar-refractivity contribution in [3.05, 3.63) is 65.7 Å². The van der Waals surface area contributed by atoms with Crippen molar-refractivity contribution < 1.29 is 42.8 Å². The third kappa shape index (κ3) is 9.29. The van der Waals surface area contributed by atoms with E-state index in [9.17, 15) is 14.4 Å². The van der Waals surface area contributed by atoms with Crippen LogP contribution in [0.5, 0.6) is 5.75 Å². The molecule has 2 aromatic rings. The molecule has 5 atom stereocenters. The molecule has 0 bridgehead atoms. The second-order valence-electron chi connectivity index (χ2n) is 14.2. The number of methoxy groups -OCH3 is 1. The van der Waals surface area contributed by atoms with Crippen LogP contribution in [0.25, 0.3) is 0 Å². The minimum atomic E-state index is -1.14. The first kappa shape index (κ1) is 35.1. The van der Waals surface area contributed by atoms with Crippen molar-refractivity contribution in [1.82, 2.24) is 0 Å². The number of carbonyl (C=O) groups excluding carboxylic acids is 3. The highest BCUT2D eigenvalue weighted by atomic mass is 16.6. The Morgan fingerprint density at radius 3 is 1.70 bits per heavy atom. The van der Waals surface area contributed by atoms with E-state index in [1.54, 1.807) is 81.6 Å². The van der Waals surface area contributed by atoms with Crippen LogP contribution in [-0.4, -0.2) is 56.0 Å². The van der Waals surface area contributed by atoms with Crippen LogP contribution in [0, 0.1) is 16.2 Å². The molecule has 1 heterocycles. The first-order chi connectivity index (χ1) is 20.4. The first-order valence-corrected chi connectivity index (χ1v) is 15.0. The molecule has 44 heavy (non-hydrogen) atoms. The molecule has 1 fully saturated rings. The Bertz CT molecular complexity index is 1250. The highest BCUT2D eigenvalue weighted by Crippen LogP contribution is 2.40. The second kappa shape index (κ2) is 14.1. The lowest BCUT2D eigenvalue weighted by molar-refractivity contribution is -0.265. The maximum atomic E-state index is 13.5. The third-order valence-electron chi connectivity index (χ3n) is 7.07. The van der Waals surface area contributed by atoms with Crippen LogP contribution in [0.3, 0.4) is 0 Å². The fourth-order valence-corrected chi connectivity index (χ4v) is 4.31. The molecule has 0 amide bonds. The van der Waals surface area contributed by atoms with Crippen LogP contribution in [0.1, 0.15) is 79.5 Å². The van der Waals surface area contributed by atoms with Crippen molar-refractivity contribution in [2.75, 3.05) is 13.7 Å². The lowest BCUT2D eigenvalue weighted by atomic mass is 9.89. The molecular weight excluding hydrogens is 564 g/mol. The Morgan fingerprint density at radius 1 is 0.682 bits per heavy atom. The van der Waals surface area contributed by atoms with Gasteiger partial charge in [0.15, 0.2) is 12.2 Å². The molecule has 0 N–H and O–H groups in total. The van der Waals surface area contributed by atoms with E-state index in [1.807, 2.05) is 42.5 Å². The molecule has 1 aliphatic heterocycles. The Morgan fingerprint density at radius 2 is 1.20 bits per heavy atom. The summed E-state index contributed by atoms with van der Waals surface area (Å²) in [5, 5.41) is 0. The number of carbonyl (C=O) groups is 3. The molecule has 0 spiro atoms. The highest BCUT2D eigenvalue weighted by molar-refractivity contribution is 5.77. The Balaban J connectivity index is 2.14. The van der Waals surface area contributed by atoms with Gasteiger partial charge in [0, 0.05) is 0 Å². The molecule has 242 valence electrons. The predicted octanol–water partition coefficient (Wildman–Crippen LogP) is 6.23. The average molecular weight is 613 g/mol. The number of hydrogen-bond acceptors (Lipinski definition) is 9. The minimum absolute atomic E-state index is 0.175. The Kier molecular flexibility index (Phi) is 11.2. The first-order valence-electron chi connectivity index (χ1n) is 15.0. The van der Waals surface area contributed by atoms with Gasteiger partial charge in [-0.15, -0.1) is 0 Å². The van der Waals surface area contributed by atoms with Gasteiger partial charge < -0.3 is 28.4 Å². The van der Waals surface area contributed by atoms with Crippen molar-refractivity contribution >= 4 is 17.9 Å². The average Bonchev–Trinajstić information content (AvgIpc) is 2.95. The summed E-state index contributed by atoms with van der Waals surface area (Å²) in [7, 11) is 1.58. The van der Waals surface area contributed by atoms with Gasteiger partial charge in [0.05, 0.1) is 30.0 Å². The lowest BCUT2D eigenvalue weighted by Gasteiger charge is -2.46. The van der Waals surface area contributed by atoms with E-state index in [4.69, 9.17) is 28.4 Å². The van der Waals surface area contributed by atoms with Crippen LogP contribution in [0.4, 0.5) is 0 Å². The predicted molar refractivity (Wildman–Crippen MR) is 165 cm³/mol. The van der Waals surface area contributed by atoms with Gasteiger partial charge in [-0.05, 0) is 85.6 Å². The van der Waals surface area contributed by atoms with E-state index < -0.39 is 64.7 Å². The molecule has 1 saturated heterocycles. The monoisotopic (exact) mass is 612 g/mol. The molecule has 2 aromatic carbocycles. The summed E-state index contributed by atoms with van der Waals surface area (Å²) in [6.45, 7) is 15.6. The largest absolute Gasteiger partial charge is 0.497 e. The maximum Gasteiger partial charge on any atom is 0.311 e. The molecule has 0 radical (unpaired) electrons. The fraction of sp³-hybridized carbons (Fsp3) is 0.571. The van der Waals surface area contributed by atoms with Gasteiger partial charge in [0.25, 0.3) is 0 Å². The second-order valence-corrected chi connectivity index (χ2v) is 14.2. The summed E-state index contributed by atoms with van der Waals surface area (Å²) >= 11 is 0. The normalized spacial score (nSPS) is 22.5.